The van der Waals surface area contributed by atoms with E-state index in [9.17, 15) is 5.11 Å². The Morgan fingerprint density at radius 3 is 2.56 bits per heavy atom. The summed E-state index contributed by atoms with van der Waals surface area (Å²) >= 11 is 0. The molecule has 18 heavy (non-hydrogen) atoms. The van der Waals surface area contributed by atoms with Gasteiger partial charge in [0, 0.05) is 6.07 Å². The Labute approximate surface area is 107 Å². The van der Waals surface area contributed by atoms with Gasteiger partial charge in [0.2, 0.25) is 0 Å². The van der Waals surface area contributed by atoms with Crippen molar-refractivity contribution >= 4 is 0 Å². The minimum Gasteiger partial charge on any atom is -0.497 e. The largest absolute Gasteiger partial charge is 0.497 e. The lowest BCUT2D eigenvalue weighted by Gasteiger charge is -2.22. The quantitative estimate of drug-likeness (QED) is 0.886. The number of methoxy groups -OCH3 is 1. The fourth-order valence-electron chi connectivity index (χ4n) is 2.23. The molecule has 0 bridgehead atoms. The normalized spacial score (nSPS) is 17.2. The van der Waals surface area contributed by atoms with Crippen LogP contribution in [0.2, 0.25) is 0 Å². The molecular formula is C14H17NO3. The second kappa shape index (κ2) is 5.28. The molecule has 0 atom stereocenters. The molecule has 0 aliphatic heterocycles. The van der Waals surface area contributed by atoms with E-state index in [1.54, 1.807) is 25.3 Å². The molecule has 0 amide bonds. The van der Waals surface area contributed by atoms with Gasteiger partial charge in [0.05, 0.1) is 24.3 Å². The van der Waals surface area contributed by atoms with Crippen LogP contribution in [0.3, 0.4) is 0 Å². The Balaban J connectivity index is 2.07. The van der Waals surface area contributed by atoms with E-state index in [0.29, 0.717) is 17.1 Å². The lowest BCUT2D eigenvalue weighted by atomic mass is 10.0. The molecule has 1 fully saturated rings. The molecule has 0 spiro atoms. The van der Waals surface area contributed by atoms with Crippen molar-refractivity contribution in [2.75, 3.05) is 13.7 Å². The first-order chi connectivity index (χ1) is 8.65. The number of nitrogens with zero attached hydrogens (tertiary/aromatic N) is 1. The predicted octanol–water partition coefficient (Wildman–Crippen LogP) is 2.25. The molecule has 1 aliphatic carbocycles. The number of aliphatic hydroxyl groups is 1. The van der Waals surface area contributed by atoms with Crippen molar-refractivity contribution in [2.45, 2.75) is 31.3 Å². The van der Waals surface area contributed by atoms with Gasteiger partial charge >= 0.3 is 0 Å². The van der Waals surface area contributed by atoms with Gasteiger partial charge in [0.25, 0.3) is 0 Å². The standard InChI is InChI=1S/C14H17NO3/c1-17-12-6-11(9-15)7-13(8-12)18-10-14(16)4-2-3-5-14/h6-8,16H,2-5,10H2,1H3. The lowest BCUT2D eigenvalue weighted by molar-refractivity contribution is 0.00134. The van der Waals surface area contributed by atoms with E-state index in [-0.39, 0.29) is 6.61 Å². The smallest absolute Gasteiger partial charge is 0.124 e. The van der Waals surface area contributed by atoms with Gasteiger partial charge < -0.3 is 14.6 Å². The molecule has 1 aromatic carbocycles. The first-order valence-electron chi connectivity index (χ1n) is 6.10. The van der Waals surface area contributed by atoms with E-state index in [2.05, 4.69) is 6.07 Å². The highest BCUT2D eigenvalue weighted by molar-refractivity contribution is 5.43. The summed E-state index contributed by atoms with van der Waals surface area (Å²) < 4.78 is 10.7. The van der Waals surface area contributed by atoms with E-state index in [1.807, 2.05) is 0 Å². The summed E-state index contributed by atoms with van der Waals surface area (Å²) in [5.41, 5.74) is -0.224. The third-order valence-corrected chi connectivity index (χ3v) is 3.29. The van der Waals surface area contributed by atoms with Crippen molar-refractivity contribution in [3.05, 3.63) is 23.8 Å². The maximum atomic E-state index is 10.2. The van der Waals surface area contributed by atoms with Gasteiger partial charge in [0.1, 0.15) is 18.1 Å². The monoisotopic (exact) mass is 247 g/mol. The fraction of sp³-hybridized carbons (Fsp3) is 0.500. The third kappa shape index (κ3) is 2.93. The number of benzene rings is 1. The summed E-state index contributed by atoms with van der Waals surface area (Å²) in [6.45, 7) is 0.269. The number of hydrogen-bond acceptors (Lipinski definition) is 4. The maximum absolute atomic E-state index is 10.2. The summed E-state index contributed by atoms with van der Waals surface area (Å²) in [6.07, 6.45) is 3.65. The molecule has 0 aromatic heterocycles. The second-order valence-corrected chi connectivity index (χ2v) is 4.73. The minimum atomic E-state index is -0.712. The fourth-order valence-corrected chi connectivity index (χ4v) is 2.23. The molecule has 1 N–H and O–H groups in total. The Kier molecular flexibility index (Phi) is 3.73. The number of nitriles is 1. The lowest BCUT2D eigenvalue weighted by Crippen LogP contribution is -2.32. The summed E-state index contributed by atoms with van der Waals surface area (Å²) in [5, 5.41) is 19.1. The van der Waals surface area contributed by atoms with E-state index in [1.165, 1.54) is 0 Å². The van der Waals surface area contributed by atoms with Gasteiger partial charge in [-0.2, -0.15) is 5.26 Å². The van der Waals surface area contributed by atoms with Crippen LogP contribution in [-0.4, -0.2) is 24.4 Å². The van der Waals surface area contributed by atoms with Crippen molar-refractivity contribution in [1.29, 1.82) is 5.26 Å². The highest BCUT2D eigenvalue weighted by Crippen LogP contribution is 2.31. The van der Waals surface area contributed by atoms with Crippen LogP contribution in [0.4, 0.5) is 0 Å². The van der Waals surface area contributed by atoms with Crippen LogP contribution in [0, 0.1) is 11.3 Å². The van der Waals surface area contributed by atoms with E-state index < -0.39 is 5.60 Å². The average molecular weight is 247 g/mol. The molecule has 2 rings (SSSR count). The summed E-state index contributed by atoms with van der Waals surface area (Å²) in [7, 11) is 1.55. The van der Waals surface area contributed by atoms with E-state index >= 15 is 0 Å². The summed E-state index contributed by atoms with van der Waals surface area (Å²) in [5.74, 6) is 1.15. The number of rotatable bonds is 4. The summed E-state index contributed by atoms with van der Waals surface area (Å²) in [6, 6.07) is 7.08. The molecule has 1 saturated carbocycles. The zero-order valence-corrected chi connectivity index (χ0v) is 10.5. The minimum absolute atomic E-state index is 0.269. The SMILES string of the molecule is COc1cc(C#N)cc(OCC2(O)CCCC2)c1. The second-order valence-electron chi connectivity index (χ2n) is 4.73. The van der Waals surface area contributed by atoms with E-state index in [0.717, 1.165) is 25.7 Å². The van der Waals surface area contributed by atoms with E-state index in [4.69, 9.17) is 14.7 Å². The van der Waals surface area contributed by atoms with Crippen LogP contribution in [-0.2, 0) is 0 Å². The zero-order valence-electron chi connectivity index (χ0n) is 10.5. The van der Waals surface area contributed by atoms with Crippen molar-refractivity contribution < 1.29 is 14.6 Å². The van der Waals surface area contributed by atoms with Crippen LogP contribution < -0.4 is 9.47 Å². The molecule has 0 radical (unpaired) electrons. The molecule has 0 saturated heterocycles. The first kappa shape index (κ1) is 12.7. The molecule has 1 aromatic rings. The topological polar surface area (TPSA) is 62.5 Å². The predicted molar refractivity (Wildman–Crippen MR) is 66.6 cm³/mol. The highest BCUT2D eigenvalue weighted by Gasteiger charge is 2.31. The molecular weight excluding hydrogens is 230 g/mol. The Hall–Kier alpha value is -1.73. The van der Waals surface area contributed by atoms with Gasteiger partial charge in [-0.05, 0) is 25.0 Å². The molecule has 96 valence electrons. The number of hydrogen-bond donors (Lipinski definition) is 1. The molecule has 4 nitrogen and oxygen atoms in total. The zero-order chi connectivity index (χ0) is 13.0. The highest BCUT2D eigenvalue weighted by atomic mass is 16.5. The van der Waals surface area contributed by atoms with Crippen LogP contribution in [0.15, 0.2) is 18.2 Å². The van der Waals surface area contributed by atoms with Gasteiger partial charge in [-0.1, -0.05) is 12.8 Å². The van der Waals surface area contributed by atoms with Crippen molar-refractivity contribution in [2.24, 2.45) is 0 Å². The van der Waals surface area contributed by atoms with Crippen molar-refractivity contribution in [3.8, 4) is 17.6 Å². The molecule has 0 heterocycles. The first-order valence-corrected chi connectivity index (χ1v) is 6.10. The third-order valence-electron chi connectivity index (χ3n) is 3.29. The van der Waals surface area contributed by atoms with Crippen LogP contribution >= 0.6 is 0 Å². The van der Waals surface area contributed by atoms with Crippen molar-refractivity contribution in [3.63, 3.8) is 0 Å². The van der Waals surface area contributed by atoms with Gasteiger partial charge in [-0.15, -0.1) is 0 Å². The molecule has 1 aliphatic rings. The molecule has 0 unspecified atom stereocenters. The van der Waals surface area contributed by atoms with Crippen LogP contribution in [0.1, 0.15) is 31.2 Å². The molecule has 4 heteroatoms. The Morgan fingerprint density at radius 1 is 1.28 bits per heavy atom. The van der Waals surface area contributed by atoms with Gasteiger partial charge in [0.15, 0.2) is 0 Å². The number of ether oxygens (including phenoxy) is 2. The van der Waals surface area contributed by atoms with Gasteiger partial charge in [-0.3, -0.25) is 0 Å². The van der Waals surface area contributed by atoms with Crippen LogP contribution in [0.5, 0.6) is 11.5 Å². The average Bonchev–Trinajstić information content (AvgIpc) is 2.83. The van der Waals surface area contributed by atoms with Gasteiger partial charge in [-0.25, -0.2) is 0 Å². The Morgan fingerprint density at radius 2 is 1.94 bits per heavy atom. The maximum Gasteiger partial charge on any atom is 0.124 e. The van der Waals surface area contributed by atoms with Crippen molar-refractivity contribution in [1.82, 2.24) is 0 Å². The summed E-state index contributed by atoms with van der Waals surface area (Å²) in [4.78, 5) is 0. The Bertz CT molecular complexity index is 459. The van der Waals surface area contributed by atoms with Crippen LogP contribution in [0.25, 0.3) is 0 Å².